The van der Waals surface area contributed by atoms with Crippen LogP contribution < -0.4 is 10.6 Å². The van der Waals surface area contributed by atoms with Crippen LogP contribution in [-0.4, -0.2) is 17.9 Å². The van der Waals surface area contributed by atoms with Gasteiger partial charge >= 0.3 is 0 Å². The maximum absolute atomic E-state index is 11.7. The molecule has 0 fully saturated rings. The summed E-state index contributed by atoms with van der Waals surface area (Å²) in [6.07, 6.45) is 1.55. The van der Waals surface area contributed by atoms with Gasteiger partial charge in [0, 0.05) is 5.41 Å². The van der Waals surface area contributed by atoms with Crippen LogP contribution in [0.5, 0.6) is 0 Å². The highest BCUT2D eigenvalue weighted by Gasteiger charge is 2.24. The minimum absolute atomic E-state index is 0.150. The summed E-state index contributed by atoms with van der Waals surface area (Å²) in [5, 5.41) is 5.36. The highest BCUT2D eigenvalue weighted by Crippen LogP contribution is 2.12. The van der Waals surface area contributed by atoms with E-state index >= 15 is 0 Å². The van der Waals surface area contributed by atoms with Crippen molar-refractivity contribution in [2.75, 3.05) is 0 Å². The topological polar surface area (TPSA) is 71.3 Å². The summed E-state index contributed by atoms with van der Waals surface area (Å²) in [5.41, 5.74) is -0.504. The van der Waals surface area contributed by atoms with E-state index in [0.29, 0.717) is 12.3 Å². The lowest BCUT2D eigenvalue weighted by atomic mass is 9.95. The zero-order valence-electron chi connectivity index (χ0n) is 11.2. The Hall–Kier alpha value is -1.78. The van der Waals surface area contributed by atoms with Crippen molar-refractivity contribution in [2.24, 2.45) is 5.41 Å². The molecule has 0 unspecified atom stereocenters. The molecule has 18 heavy (non-hydrogen) atoms. The molecule has 100 valence electrons. The van der Waals surface area contributed by atoms with Gasteiger partial charge in [0.25, 0.3) is 0 Å². The third-order valence-electron chi connectivity index (χ3n) is 2.44. The fraction of sp³-hybridized carbons (Fsp3) is 0.538. The molecule has 1 atom stereocenters. The Morgan fingerprint density at radius 2 is 2.06 bits per heavy atom. The van der Waals surface area contributed by atoms with Gasteiger partial charge in [-0.15, -0.1) is 0 Å². The van der Waals surface area contributed by atoms with Crippen LogP contribution in [0.15, 0.2) is 22.8 Å². The van der Waals surface area contributed by atoms with Crippen LogP contribution in [0.4, 0.5) is 0 Å². The first-order valence-electron chi connectivity index (χ1n) is 5.92. The average molecular weight is 252 g/mol. The molecule has 1 aromatic heterocycles. The van der Waals surface area contributed by atoms with E-state index in [0.717, 1.165) is 0 Å². The molecular weight excluding hydrogens is 232 g/mol. The van der Waals surface area contributed by atoms with Crippen molar-refractivity contribution in [1.29, 1.82) is 0 Å². The molecular formula is C13H20N2O3. The summed E-state index contributed by atoms with van der Waals surface area (Å²) >= 11 is 0. The molecule has 2 N–H and O–H groups in total. The Morgan fingerprint density at radius 3 is 2.56 bits per heavy atom. The van der Waals surface area contributed by atoms with Crippen LogP contribution in [0.3, 0.4) is 0 Å². The molecule has 0 radical (unpaired) electrons. The quantitative estimate of drug-likeness (QED) is 0.852. The van der Waals surface area contributed by atoms with Crippen molar-refractivity contribution < 1.29 is 14.0 Å². The summed E-state index contributed by atoms with van der Waals surface area (Å²) in [4.78, 5) is 23.4. The molecule has 0 saturated heterocycles. The van der Waals surface area contributed by atoms with E-state index in [1.807, 2.05) is 0 Å². The second kappa shape index (κ2) is 5.71. The first kappa shape index (κ1) is 14.3. The number of nitrogens with one attached hydrogen (secondary N) is 2. The number of rotatable bonds is 4. The molecule has 0 aliphatic carbocycles. The van der Waals surface area contributed by atoms with E-state index < -0.39 is 11.5 Å². The lowest BCUT2D eigenvalue weighted by molar-refractivity contribution is -0.133. The molecule has 1 heterocycles. The first-order chi connectivity index (χ1) is 8.30. The minimum atomic E-state index is -0.563. The largest absolute Gasteiger partial charge is 0.467 e. The van der Waals surface area contributed by atoms with Crippen molar-refractivity contribution in [1.82, 2.24) is 10.6 Å². The van der Waals surface area contributed by atoms with Gasteiger partial charge in [-0.2, -0.15) is 0 Å². The van der Waals surface area contributed by atoms with Crippen molar-refractivity contribution in [3.05, 3.63) is 24.2 Å². The lowest BCUT2D eigenvalue weighted by Gasteiger charge is -2.21. The van der Waals surface area contributed by atoms with E-state index in [9.17, 15) is 9.59 Å². The van der Waals surface area contributed by atoms with Crippen molar-refractivity contribution in [3.8, 4) is 0 Å². The van der Waals surface area contributed by atoms with Crippen LogP contribution in [-0.2, 0) is 16.1 Å². The maximum atomic E-state index is 11.7. The third kappa shape index (κ3) is 4.24. The Labute approximate surface area is 107 Å². The number of furan rings is 1. The van der Waals surface area contributed by atoms with Crippen LogP contribution in [0, 0.1) is 5.41 Å². The van der Waals surface area contributed by atoms with E-state index in [2.05, 4.69) is 10.6 Å². The first-order valence-corrected chi connectivity index (χ1v) is 5.92. The molecule has 2 amide bonds. The van der Waals surface area contributed by atoms with Gasteiger partial charge in [0.2, 0.25) is 11.8 Å². The number of amides is 2. The Balaban J connectivity index is 2.40. The predicted octanol–water partition coefficient (Wildman–Crippen LogP) is 1.45. The Kier molecular flexibility index (Phi) is 4.53. The molecule has 0 saturated carbocycles. The SMILES string of the molecule is C[C@H](NC(=O)C(C)(C)C)C(=O)NCc1ccco1. The van der Waals surface area contributed by atoms with E-state index in [4.69, 9.17) is 4.42 Å². The summed E-state index contributed by atoms with van der Waals surface area (Å²) in [6.45, 7) is 7.38. The summed E-state index contributed by atoms with van der Waals surface area (Å²) in [7, 11) is 0. The molecule has 0 aliphatic rings. The smallest absolute Gasteiger partial charge is 0.242 e. The molecule has 0 aliphatic heterocycles. The zero-order valence-corrected chi connectivity index (χ0v) is 11.2. The number of carbonyl (C=O) groups is 2. The van der Waals surface area contributed by atoms with Gasteiger partial charge in [-0.05, 0) is 19.1 Å². The fourth-order valence-corrected chi connectivity index (χ4v) is 1.22. The third-order valence-corrected chi connectivity index (χ3v) is 2.44. The molecule has 1 rings (SSSR count). The molecule has 0 spiro atoms. The van der Waals surface area contributed by atoms with Gasteiger partial charge in [0.15, 0.2) is 0 Å². The van der Waals surface area contributed by atoms with Gasteiger partial charge in [-0.1, -0.05) is 20.8 Å². The molecule has 1 aromatic rings. The molecule has 0 bridgehead atoms. The zero-order chi connectivity index (χ0) is 13.8. The maximum Gasteiger partial charge on any atom is 0.242 e. The summed E-state index contributed by atoms with van der Waals surface area (Å²) < 4.78 is 5.10. The van der Waals surface area contributed by atoms with Crippen LogP contribution in [0.2, 0.25) is 0 Å². The summed E-state index contributed by atoms with van der Waals surface area (Å²) in [6, 6.07) is 2.97. The summed E-state index contributed by atoms with van der Waals surface area (Å²) in [5.74, 6) is 0.296. The van der Waals surface area contributed by atoms with E-state index in [1.54, 1.807) is 46.1 Å². The fourth-order valence-electron chi connectivity index (χ4n) is 1.22. The normalized spacial score (nSPS) is 12.9. The van der Waals surface area contributed by atoms with Gasteiger partial charge < -0.3 is 15.1 Å². The Bertz CT molecular complexity index is 404. The highest BCUT2D eigenvalue weighted by molar-refractivity contribution is 5.89. The van der Waals surface area contributed by atoms with Crippen molar-refractivity contribution >= 4 is 11.8 Å². The second-order valence-electron chi connectivity index (χ2n) is 5.24. The van der Waals surface area contributed by atoms with E-state index in [1.165, 1.54) is 0 Å². The second-order valence-corrected chi connectivity index (χ2v) is 5.24. The van der Waals surface area contributed by atoms with Gasteiger partial charge in [-0.25, -0.2) is 0 Å². The predicted molar refractivity (Wildman–Crippen MR) is 67.6 cm³/mol. The monoisotopic (exact) mass is 252 g/mol. The molecule has 0 aromatic carbocycles. The van der Waals surface area contributed by atoms with Gasteiger partial charge in [0.1, 0.15) is 11.8 Å². The van der Waals surface area contributed by atoms with E-state index in [-0.39, 0.29) is 11.8 Å². The lowest BCUT2D eigenvalue weighted by Crippen LogP contribution is -2.48. The van der Waals surface area contributed by atoms with Crippen molar-refractivity contribution in [2.45, 2.75) is 40.3 Å². The van der Waals surface area contributed by atoms with Gasteiger partial charge in [-0.3, -0.25) is 9.59 Å². The standard InChI is InChI=1S/C13H20N2O3/c1-9(15-12(17)13(2,3)4)11(16)14-8-10-6-5-7-18-10/h5-7,9H,8H2,1-4H3,(H,14,16)(H,15,17)/t9-/m0/s1. The molecule has 5 heteroatoms. The van der Waals surface area contributed by atoms with Crippen LogP contribution in [0.25, 0.3) is 0 Å². The highest BCUT2D eigenvalue weighted by atomic mass is 16.3. The van der Waals surface area contributed by atoms with Gasteiger partial charge in [0.05, 0.1) is 12.8 Å². The average Bonchev–Trinajstić information content (AvgIpc) is 2.77. The molecule has 5 nitrogen and oxygen atoms in total. The number of hydrogen-bond acceptors (Lipinski definition) is 3. The number of carbonyl (C=O) groups excluding carboxylic acids is 2. The minimum Gasteiger partial charge on any atom is -0.467 e. The van der Waals surface area contributed by atoms with Crippen molar-refractivity contribution in [3.63, 3.8) is 0 Å². The Morgan fingerprint density at radius 1 is 1.39 bits per heavy atom. The van der Waals surface area contributed by atoms with Crippen LogP contribution in [0.1, 0.15) is 33.5 Å². The van der Waals surface area contributed by atoms with Crippen LogP contribution >= 0.6 is 0 Å². The number of hydrogen-bond donors (Lipinski definition) is 2.